The summed E-state index contributed by atoms with van der Waals surface area (Å²) in [4.78, 5) is 29.5. The van der Waals surface area contributed by atoms with Crippen molar-refractivity contribution in [3.8, 4) is 6.07 Å². The first kappa shape index (κ1) is 13.9. The fourth-order valence-corrected chi connectivity index (χ4v) is 3.97. The molecular formula is C16H12N4O2S. The van der Waals surface area contributed by atoms with Gasteiger partial charge in [-0.25, -0.2) is 9.78 Å². The highest BCUT2D eigenvalue weighted by Crippen LogP contribution is 2.22. The van der Waals surface area contributed by atoms with Crippen LogP contribution in [0.3, 0.4) is 0 Å². The fourth-order valence-electron chi connectivity index (χ4n) is 3.01. The summed E-state index contributed by atoms with van der Waals surface area (Å²) in [5.74, 6) is 0. The molecule has 0 amide bonds. The van der Waals surface area contributed by atoms with E-state index in [0.717, 1.165) is 21.2 Å². The molecule has 0 unspecified atom stereocenters. The Hall–Kier alpha value is -2.72. The molecule has 0 saturated carbocycles. The quantitative estimate of drug-likeness (QED) is 0.715. The Morgan fingerprint density at radius 2 is 2.13 bits per heavy atom. The Balaban J connectivity index is 1.88. The minimum absolute atomic E-state index is 0.0863. The Morgan fingerprint density at radius 1 is 1.30 bits per heavy atom. The topological polar surface area (TPSA) is 80.7 Å². The average molecular weight is 324 g/mol. The number of thiazole rings is 1. The number of hydrogen-bond acceptors (Lipinski definition) is 5. The first-order valence-corrected chi connectivity index (χ1v) is 8.12. The SMILES string of the molecule is N#Cc1c2n(c(=O)n(Cc3nc4ccccc4s3)c1=O)CCC2. The first-order valence-electron chi connectivity index (χ1n) is 7.30. The molecular weight excluding hydrogens is 312 g/mol. The van der Waals surface area contributed by atoms with Gasteiger partial charge in [-0.1, -0.05) is 12.1 Å². The summed E-state index contributed by atoms with van der Waals surface area (Å²) < 4.78 is 3.69. The summed E-state index contributed by atoms with van der Waals surface area (Å²) in [5, 5.41) is 9.97. The molecule has 0 saturated heterocycles. The number of hydrogen-bond donors (Lipinski definition) is 0. The molecule has 7 heteroatoms. The van der Waals surface area contributed by atoms with Crippen LogP contribution in [-0.4, -0.2) is 14.1 Å². The van der Waals surface area contributed by atoms with Crippen molar-refractivity contribution < 1.29 is 0 Å². The molecule has 0 N–H and O–H groups in total. The van der Waals surface area contributed by atoms with Crippen molar-refractivity contribution >= 4 is 21.6 Å². The van der Waals surface area contributed by atoms with Crippen molar-refractivity contribution in [1.29, 1.82) is 5.26 Å². The summed E-state index contributed by atoms with van der Waals surface area (Å²) >= 11 is 1.45. The third-order valence-electron chi connectivity index (χ3n) is 4.07. The van der Waals surface area contributed by atoms with Crippen molar-refractivity contribution in [2.24, 2.45) is 0 Å². The van der Waals surface area contributed by atoms with Crippen LogP contribution < -0.4 is 11.2 Å². The predicted molar refractivity (Wildman–Crippen MR) is 86.7 cm³/mol. The van der Waals surface area contributed by atoms with Crippen LogP contribution in [-0.2, 0) is 19.5 Å². The number of aromatic nitrogens is 3. The molecule has 0 atom stereocenters. The van der Waals surface area contributed by atoms with E-state index >= 15 is 0 Å². The molecule has 114 valence electrons. The summed E-state index contributed by atoms with van der Waals surface area (Å²) in [5.41, 5.74) is 0.652. The van der Waals surface area contributed by atoms with Crippen molar-refractivity contribution in [3.05, 3.63) is 61.4 Å². The minimum atomic E-state index is -0.509. The lowest BCUT2D eigenvalue weighted by atomic mass is 10.2. The van der Waals surface area contributed by atoms with Gasteiger partial charge in [0.2, 0.25) is 0 Å². The van der Waals surface area contributed by atoms with Crippen LogP contribution in [0.1, 0.15) is 22.7 Å². The third kappa shape index (κ3) is 2.11. The summed E-state index contributed by atoms with van der Waals surface area (Å²) in [6, 6.07) is 9.64. The van der Waals surface area contributed by atoms with E-state index in [1.54, 1.807) is 4.57 Å². The maximum atomic E-state index is 12.6. The van der Waals surface area contributed by atoms with Crippen molar-refractivity contribution in [3.63, 3.8) is 0 Å². The monoisotopic (exact) mass is 324 g/mol. The smallest absolute Gasteiger partial charge is 0.296 e. The van der Waals surface area contributed by atoms with E-state index in [1.807, 2.05) is 30.3 Å². The molecule has 1 aliphatic heterocycles. The van der Waals surface area contributed by atoms with Gasteiger partial charge in [-0.05, 0) is 25.0 Å². The van der Waals surface area contributed by atoms with Crippen molar-refractivity contribution in [2.75, 3.05) is 0 Å². The van der Waals surface area contributed by atoms with Gasteiger partial charge in [0.25, 0.3) is 5.56 Å². The Morgan fingerprint density at radius 3 is 2.91 bits per heavy atom. The highest BCUT2D eigenvalue weighted by molar-refractivity contribution is 7.18. The maximum Gasteiger partial charge on any atom is 0.331 e. The van der Waals surface area contributed by atoms with Crippen LogP contribution >= 0.6 is 11.3 Å². The van der Waals surface area contributed by atoms with Gasteiger partial charge < -0.3 is 0 Å². The van der Waals surface area contributed by atoms with Crippen molar-refractivity contribution in [2.45, 2.75) is 25.9 Å². The van der Waals surface area contributed by atoms with Gasteiger partial charge >= 0.3 is 5.69 Å². The molecule has 1 aliphatic rings. The average Bonchev–Trinajstić information content (AvgIpc) is 3.18. The molecule has 1 aromatic carbocycles. The van der Waals surface area contributed by atoms with Crippen LogP contribution in [0.5, 0.6) is 0 Å². The molecule has 0 aliphatic carbocycles. The van der Waals surface area contributed by atoms with Gasteiger partial charge in [0.15, 0.2) is 0 Å². The second-order valence-corrected chi connectivity index (χ2v) is 6.55. The minimum Gasteiger partial charge on any atom is -0.296 e. The normalized spacial score (nSPS) is 13.2. The lowest BCUT2D eigenvalue weighted by molar-refractivity contribution is 0.601. The van der Waals surface area contributed by atoms with Gasteiger partial charge in [-0.3, -0.25) is 13.9 Å². The molecule has 0 spiro atoms. The number of nitriles is 1. The predicted octanol–water partition coefficient (Wildman–Crippen LogP) is 1.49. The highest BCUT2D eigenvalue weighted by atomic mass is 32.1. The molecule has 2 aromatic heterocycles. The summed E-state index contributed by atoms with van der Waals surface area (Å²) in [7, 11) is 0. The fraction of sp³-hybridized carbons (Fsp3) is 0.250. The molecule has 4 rings (SSSR count). The Bertz CT molecular complexity index is 1050. The largest absolute Gasteiger partial charge is 0.331 e. The van der Waals surface area contributed by atoms with E-state index < -0.39 is 5.56 Å². The number of fused-ring (bicyclic) bond motifs is 2. The summed E-state index contributed by atoms with van der Waals surface area (Å²) in [6.45, 7) is 0.662. The van der Waals surface area contributed by atoms with Gasteiger partial charge in [0.05, 0.1) is 16.8 Å². The standard InChI is InChI=1S/C16H12N4O2S/c17-8-10-12-5-3-7-19(12)16(22)20(15(10)21)9-14-18-11-4-1-2-6-13(11)23-14/h1-2,4,6H,3,5,7,9H2. The summed E-state index contributed by atoms with van der Waals surface area (Å²) in [6.07, 6.45) is 1.39. The number of benzene rings is 1. The van der Waals surface area contributed by atoms with E-state index in [0.29, 0.717) is 23.7 Å². The zero-order valence-corrected chi connectivity index (χ0v) is 13.0. The van der Waals surface area contributed by atoms with E-state index in [1.165, 1.54) is 11.3 Å². The van der Waals surface area contributed by atoms with Crippen LogP contribution in [0, 0.1) is 11.3 Å². The van der Waals surface area contributed by atoms with E-state index in [-0.39, 0.29) is 17.8 Å². The van der Waals surface area contributed by atoms with Gasteiger partial charge in [0.1, 0.15) is 16.6 Å². The molecule has 0 radical (unpaired) electrons. The van der Waals surface area contributed by atoms with Crippen molar-refractivity contribution in [1.82, 2.24) is 14.1 Å². The molecule has 23 heavy (non-hydrogen) atoms. The van der Waals surface area contributed by atoms with Crippen LogP contribution in [0.4, 0.5) is 0 Å². The van der Waals surface area contributed by atoms with Gasteiger partial charge in [-0.15, -0.1) is 11.3 Å². The van der Waals surface area contributed by atoms with E-state index in [2.05, 4.69) is 4.98 Å². The molecule has 6 nitrogen and oxygen atoms in total. The number of nitrogens with zero attached hydrogens (tertiary/aromatic N) is 4. The van der Waals surface area contributed by atoms with Crippen LogP contribution in [0.2, 0.25) is 0 Å². The molecule has 0 bridgehead atoms. The van der Waals surface area contributed by atoms with E-state index in [9.17, 15) is 14.9 Å². The molecule has 3 aromatic rings. The highest BCUT2D eigenvalue weighted by Gasteiger charge is 2.23. The zero-order chi connectivity index (χ0) is 16.0. The Labute approximate surface area is 134 Å². The zero-order valence-electron chi connectivity index (χ0n) is 12.2. The third-order valence-corrected chi connectivity index (χ3v) is 5.10. The lowest BCUT2D eigenvalue weighted by Crippen LogP contribution is -2.41. The second-order valence-electron chi connectivity index (χ2n) is 5.44. The molecule has 3 heterocycles. The lowest BCUT2D eigenvalue weighted by Gasteiger charge is -2.09. The van der Waals surface area contributed by atoms with Gasteiger partial charge in [-0.2, -0.15) is 5.26 Å². The second kappa shape index (κ2) is 5.18. The maximum absolute atomic E-state index is 12.6. The van der Waals surface area contributed by atoms with E-state index in [4.69, 9.17) is 0 Å². The van der Waals surface area contributed by atoms with Crippen LogP contribution in [0.25, 0.3) is 10.2 Å². The van der Waals surface area contributed by atoms with Gasteiger partial charge in [0, 0.05) is 12.2 Å². The Kier molecular flexibility index (Phi) is 3.13. The number of rotatable bonds is 2. The first-order chi connectivity index (χ1) is 11.2. The van der Waals surface area contributed by atoms with Crippen LogP contribution in [0.15, 0.2) is 33.9 Å². The number of para-hydroxylation sites is 1. The molecule has 0 fully saturated rings.